The molecule has 19 heavy (non-hydrogen) atoms. The third-order valence-corrected chi connectivity index (χ3v) is 4.00. The molecule has 0 fully saturated rings. The lowest BCUT2D eigenvalue weighted by Gasteiger charge is -2.35. The monoisotopic (exact) mass is 344 g/mol. The molecule has 1 unspecified atom stereocenters. The van der Waals surface area contributed by atoms with Crippen molar-refractivity contribution in [2.75, 3.05) is 7.05 Å². The predicted octanol–water partition coefficient (Wildman–Crippen LogP) is 1.37. The number of hydrogen-bond acceptors (Lipinski definition) is 3. The molecule has 2 N–H and O–H groups in total. The minimum atomic E-state index is -1.63. The zero-order valence-corrected chi connectivity index (χ0v) is 12.3. The summed E-state index contributed by atoms with van der Waals surface area (Å²) in [4.78, 5) is 34.7. The molecule has 0 aliphatic carbocycles. The zero-order valence-electron chi connectivity index (χ0n) is 9.94. The number of likely N-dealkylation sites (N-methyl/N-ethyl adjacent to an activating group) is 1. The highest BCUT2D eigenvalue weighted by Crippen LogP contribution is 2.41. The van der Waals surface area contributed by atoms with Gasteiger partial charge in [-0.3, -0.25) is 19.3 Å². The van der Waals surface area contributed by atoms with Crippen molar-refractivity contribution < 1.29 is 14.4 Å². The first-order valence-corrected chi connectivity index (χ1v) is 6.54. The van der Waals surface area contributed by atoms with Gasteiger partial charge in [-0.25, -0.2) is 0 Å². The van der Waals surface area contributed by atoms with Crippen LogP contribution in [0.1, 0.15) is 22.3 Å². The standard InChI is InChI=1S/C12H10BrClN2O3/c1-16-10(18)7-3-2-6(13)4-8(7)12(14,11(16)19)5-9(15)17/h2-4H,5H2,1H3,(H2,15,17). The fraction of sp³-hybridized carbons (Fsp3) is 0.250. The summed E-state index contributed by atoms with van der Waals surface area (Å²) in [7, 11) is 1.33. The van der Waals surface area contributed by atoms with Crippen molar-refractivity contribution in [1.82, 2.24) is 4.90 Å². The molecule has 1 atom stereocenters. The quantitative estimate of drug-likeness (QED) is 0.649. The normalized spacial score (nSPS) is 22.4. The number of fused-ring (bicyclic) bond motifs is 1. The van der Waals surface area contributed by atoms with Gasteiger partial charge in [0.05, 0.1) is 6.42 Å². The molecular weight excluding hydrogens is 336 g/mol. The Morgan fingerprint density at radius 2 is 2.11 bits per heavy atom. The van der Waals surface area contributed by atoms with E-state index in [0.717, 1.165) is 4.90 Å². The molecule has 0 saturated carbocycles. The topological polar surface area (TPSA) is 80.5 Å². The van der Waals surface area contributed by atoms with Crippen LogP contribution in [0.3, 0.4) is 0 Å². The Bertz CT molecular complexity index is 605. The third kappa shape index (κ3) is 2.15. The van der Waals surface area contributed by atoms with Crippen LogP contribution in [0.4, 0.5) is 0 Å². The van der Waals surface area contributed by atoms with Crippen LogP contribution in [0.25, 0.3) is 0 Å². The second-order valence-corrected chi connectivity index (χ2v) is 5.86. The van der Waals surface area contributed by atoms with Crippen LogP contribution < -0.4 is 5.73 Å². The average molecular weight is 346 g/mol. The summed E-state index contributed by atoms with van der Waals surface area (Å²) < 4.78 is 0.658. The number of benzene rings is 1. The van der Waals surface area contributed by atoms with Crippen LogP contribution in [-0.4, -0.2) is 29.7 Å². The number of alkyl halides is 1. The number of hydrogen-bond donors (Lipinski definition) is 1. The lowest BCUT2D eigenvalue weighted by atomic mass is 9.85. The maximum Gasteiger partial charge on any atom is 0.260 e. The number of amides is 3. The maximum absolute atomic E-state index is 12.2. The van der Waals surface area contributed by atoms with Crippen LogP contribution in [0, 0.1) is 0 Å². The second kappa shape index (κ2) is 4.61. The minimum absolute atomic E-state index is 0.293. The highest BCUT2D eigenvalue weighted by atomic mass is 79.9. The molecule has 0 radical (unpaired) electrons. The molecule has 1 heterocycles. The van der Waals surface area contributed by atoms with Gasteiger partial charge in [0, 0.05) is 17.1 Å². The lowest BCUT2D eigenvalue weighted by Crippen LogP contribution is -2.51. The van der Waals surface area contributed by atoms with Crippen LogP contribution in [0.15, 0.2) is 22.7 Å². The molecule has 2 rings (SSSR count). The summed E-state index contributed by atoms with van der Waals surface area (Å²) in [5.74, 6) is -1.81. The first-order chi connectivity index (χ1) is 8.77. The van der Waals surface area contributed by atoms with Gasteiger partial charge >= 0.3 is 0 Å². The molecule has 1 aliphatic heterocycles. The van der Waals surface area contributed by atoms with E-state index in [1.165, 1.54) is 7.05 Å². The van der Waals surface area contributed by atoms with Gasteiger partial charge in [-0.15, -0.1) is 11.6 Å². The van der Waals surface area contributed by atoms with E-state index in [2.05, 4.69) is 15.9 Å². The molecule has 1 aromatic carbocycles. The molecule has 3 amide bonds. The molecule has 0 saturated heterocycles. The fourth-order valence-electron chi connectivity index (χ4n) is 2.10. The number of halogens is 2. The van der Waals surface area contributed by atoms with Crippen molar-refractivity contribution in [3.8, 4) is 0 Å². The molecule has 0 spiro atoms. The van der Waals surface area contributed by atoms with Gasteiger partial charge in [0.25, 0.3) is 11.8 Å². The van der Waals surface area contributed by atoms with E-state index < -0.39 is 22.6 Å². The fourth-order valence-corrected chi connectivity index (χ4v) is 2.87. The number of rotatable bonds is 2. The van der Waals surface area contributed by atoms with Crippen molar-refractivity contribution >= 4 is 45.3 Å². The summed E-state index contributed by atoms with van der Waals surface area (Å²) in [5, 5.41) is 0. The maximum atomic E-state index is 12.2. The number of carbonyl (C=O) groups is 3. The van der Waals surface area contributed by atoms with Crippen LogP contribution in [0.5, 0.6) is 0 Å². The summed E-state index contributed by atoms with van der Waals surface area (Å²) in [6.45, 7) is 0. The number of carbonyl (C=O) groups excluding carboxylic acids is 3. The third-order valence-electron chi connectivity index (χ3n) is 3.01. The molecule has 7 heteroatoms. The lowest BCUT2D eigenvalue weighted by molar-refractivity contribution is -0.134. The van der Waals surface area contributed by atoms with E-state index in [1.807, 2.05) is 0 Å². The van der Waals surface area contributed by atoms with Gasteiger partial charge in [0.1, 0.15) is 0 Å². The summed E-state index contributed by atoms with van der Waals surface area (Å²) >= 11 is 9.57. The first-order valence-electron chi connectivity index (χ1n) is 5.37. The highest BCUT2D eigenvalue weighted by molar-refractivity contribution is 9.10. The van der Waals surface area contributed by atoms with Crippen LogP contribution >= 0.6 is 27.5 Å². The van der Waals surface area contributed by atoms with E-state index >= 15 is 0 Å². The molecule has 0 aromatic heterocycles. The Balaban J connectivity index is 2.70. The van der Waals surface area contributed by atoms with Gasteiger partial charge < -0.3 is 5.73 Å². The van der Waals surface area contributed by atoms with Crippen LogP contribution in [-0.2, 0) is 14.5 Å². The van der Waals surface area contributed by atoms with E-state index in [1.54, 1.807) is 18.2 Å². The predicted molar refractivity (Wildman–Crippen MR) is 72.6 cm³/mol. The number of primary amides is 1. The number of nitrogens with zero attached hydrogens (tertiary/aromatic N) is 1. The largest absolute Gasteiger partial charge is 0.370 e. The van der Waals surface area contributed by atoms with E-state index in [-0.39, 0.29) is 6.42 Å². The smallest absolute Gasteiger partial charge is 0.260 e. The molecule has 100 valence electrons. The molecule has 1 aliphatic rings. The Hall–Kier alpha value is -1.40. The van der Waals surface area contributed by atoms with E-state index in [4.69, 9.17) is 17.3 Å². The summed E-state index contributed by atoms with van der Waals surface area (Å²) in [6.07, 6.45) is -0.367. The second-order valence-electron chi connectivity index (χ2n) is 4.30. The van der Waals surface area contributed by atoms with Gasteiger partial charge in [-0.1, -0.05) is 15.9 Å². The molecule has 0 bridgehead atoms. The summed E-state index contributed by atoms with van der Waals surface area (Å²) in [5.41, 5.74) is 5.75. The minimum Gasteiger partial charge on any atom is -0.370 e. The van der Waals surface area contributed by atoms with E-state index in [9.17, 15) is 14.4 Å². The van der Waals surface area contributed by atoms with Crippen LogP contribution in [0.2, 0.25) is 0 Å². The van der Waals surface area contributed by atoms with Gasteiger partial charge in [-0.05, 0) is 23.8 Å². The molecule has 1 aromatic rings. The first kappa shape index (κ1) is 14.0. The number of imide groups is 1. The van der Waals surface area contributed by atoms with Crippen molar-refractivity contribution in [2.24, 2.45) is 5.73 Å². The van der Waals surface area contributed by atoms with Gasteiger partial charge in [0.2, 0.25) is 5.91 Å². The Labute approximate surface area is 122 Å². The van der Waals surface area contributed by atoms with E-state index in [0.29, 0.717) is 15.6 Å². The van der Waals surface area contributed by atoms with Crippen molar-refractivity contribution in [3.63, 3.8) is 0 Å². The van der Waals surface area contributed by atoms with Crippen molar-refractivity contribution in [1.29, 1.82) is 0 Å². The summed E-state index contributed by atoms with van der Waals surface area (Å²) in [6, 6.07) is 4.79. The zero-order chi connectivity index (χ0) is 14.4. The Morgan fingerprint density at radius 3 is 2.68 bits per heavy atom. The molecular formula is C12H10BrClN2O3. The van der Waals surface area contributed by atoms with Gasteiger partial charge in [-0.2, -0.15) is 0 Å². The average Bonchev–Trinajstić information content (AvgIpc) is 2.33. The van der Waals surface area contributed by atoms with Crippen molar-refractivity contribution in [3.05, 3.63) is 33.8 Å². The highest BCUT2D eigenvalue weighted by Gasteiger charge is 2.49. The Morgan fingerprint density at radius 1 is 1.47 bits per heavy atom. The SMILES string of the molecule is CN1C(=O)c2ccc(Br)cc2C(Cl)(CC(N)=O)C1=O. The number of nitrogens with two attached hydrogens (primary N) is 1. The Kier molecular flexibility index (Phi) is 3.40. The van der Waals surface area contributed by atoms with Gasteiger partial charge in [0.15, 0.2) is 4.87 Å². The molecule has 5 nitrogen and oxygen atoms in total. The van der Waals surface area contributed by atoms with Crippen molar-refractivity contribution in [2.45, 2.75) is 11.3 Å².